The SMILES string of the molecule is N#CC1CCN(C(=O)c2cc(-c3ccco3)on2)CC1. The summed E-state index contributed by atoms with van der Waals surface area (Å²) in [5.41, 5.74) is 0.270. The molecule has 0 saturated carbocycles. The molecular formula is C14H13N3O3. The molecule has 0 N–H and O–H groups in total. The molecule has 20 heavy (non-hydrogen) atoms. The molecule has 102 valence electrons. The van der Waals surface area contributed by atoms with Crippen molar-refractivity contribution in [2.24, 2.45) is 5.92 Å². The quantitative estimate of drug-likeness (QED) is 0.836. The van der Waals surface area contributed by atoms with E-state index >= 15 is 0 Å². The number of aromatic nitrogens is 1. The lowest BCUT2D eigenvalue weighted by Crippen LogP contribution is -2.38. The fourth-order valence-electron chi connectivity index (χ4n) is 2.28. The standard InChI is InChI=1S/C14H13N3O3/c15-9-10-3-5-17(6-4-10)14(18)11-8-13(20-16-11)12-2-1-7-19-12/h1-2,7-8,10H,3-6H2. The van der Waals surface area contributed by atoms with Crippen molar-refractivity contribution in [3.05, 3.63) is 30.2 Å². The summed E-state index contributed by atoms with van der Waals surface area (Å²) in [6.45, 7) is 1.17. The number of nitriles is 1. The van der Waals surface area contributed by atoms with E-state index in [1.165, 1.54) is 6.26 Å². The van der Waals surface area contributed by atoms with E-state index in [4.69, 9.17) is 14.2 Å². The van der Waals surface area contributed by atoms with Gasteiger partial charge in [-0.05, 0) is 25.0 Å². The van der Waals surface area contributed by atoms with Crippen molar-refractivity contribution in [1.29, 1.82) is 5.26 Å². The van der Waals surface area contributed by atoms with Gasteiger partial charge in [0.1, 0.15) is 0 Å². The van der Waals surface area contributed by atoms with E-state index in [0.717, 1.165) is 0 Å². The average Bonchev–Trinajstić information content (AvgIpc) is 3.17. The van der Waals surface area contributed by atoms with Gasteiger partial charge in [-0.15, -0.1) is 0 Å². The number of piperidine rings is 1. The van der Waals surface area contributed by atoms with Crippen LogP contribution in [0.5, 0.6) is 0 Å². The van der Waals surface area contributed by atoms with Crippen LogP contribution in [-0.4, -0.2) is 29.1 Å². The van der Waals surface area contributed by atoms with Crippen LogP contribution in [0.1, 0.15) is 23.3 Å². The minimum Gasteiger partial charge on any atom is -0.461 e. The van der Waals surface area contributed by atoms with Gasteiger partial charge in [-0.2, -0.15) is 5.26 Å². The summed E-state index contributed by atoms with van der Waals surface area (Å²) >= 11 is 0. The van der Waals surface area contributed by atoms with E-state index in [1.807, 2.05) is 0 Å². The molecular weight excluding hydrogens is 258 g/mol. The molecule has 0 bridgehead atoms. The maximum absolute atomic E-state index is 12.3. The van der Waals surface area contributed by atoms with Gasteiger partial charge in [-0.3, -0.25) is 4.79 Å². The number of rotatable bonds is 2. The van der Waals surface area contributed by atoms with E-state index in [2.05, 4.69) is 11.2 Å². The predicted molar refractivity (Wildman–Crippen MR) is 68.4 cm³/mol. The summed E-state index contributed by atoms with van der Waals surface area (Å²) in [7, 11) is 0. The predicted octanol–water partition coefficient (Wildman–Crippen LogP) is 2.31. The third-order valence-corrected chi connectivity index (χ3v) is 3.46. The van der Waals surface area contributed by atoms with Crippen molar-refractivity contribution in [3.8, 4) is 17.6 Å². The minimum atomic E-state index is -0.164. The molecule has 1 aliphatic heterocycles. The summed E-state index contributed by atoms with van der Waals surface area (Å²) < 4.78 is 10.3. The van der Waals surface area contributed by atoms with Crippen LogP contribution in [0.3, 0.4) is 0 Å². The molecule has 2 aromatic rings. The highest BCUT2D eigenvalue weighted by Gasteiger charge is 2.25. The van der Waals surface area contributed by atoms with Crippen LogP contribution in [0.15, 0.2) is 33.4 Å². The van der Waals surface area contributed by atoms with Crippen LogP contribution in [0.25, 0.3) is 11.5 Å². The first-order valence-corrected chi connectivity index (χ1v) is 6.47. The Morgan fingerprint density at radius 3 is 2.85 bits per heavy atom. The number of amides is 1. The van der Waals surface area contributed by atoms with Crippen LogP contribution in [0, 0.1) is 17.2 Å². The fraction of sp³-hybridized carbons (Fsp3) is 0.357. The van der Waals surface area contributed by atoms with Gasteiger partial charge in [-0.1, -0.05) is 5.16 Å². The Balaban J connectivity index is 1.71. The number of carbonyl (C=O) groups is 1. The summed E-state index contributed by atoms with van der Waals surface area (Å²) in [5, 5.41) is 12.6. The van der Waals surface area contributed by atoms with E-state index in [-0.39, 0.29) is 17.5 Å². The zero-order valence-electron chi connectivity index (χ0n) is 10.8. The van der Waals surface area contributed by atoms with Gasteiger partial charge in [0.05, 0.1) is 12.3 Å². The second kappa shape index (κ2) is 5.21. The summed E-state index contributed by atoms with van der Waals surface area (Å²) in [4.78, 5) is 14.0. The Hall–Kier alpha value is -2.55. The molecule has 0 aliphatic carbocycles. The van der Waals surface area contributed by atoms with E-state index in [9.17, 15) is 4.79 Å². The van der Waals surface area contributed by atoms with Crippen molar-refractivity contribution < 1.29 is 13.7 Å². The lowest BCUT2D eigenvalue weighted by molar-refractivity contribution is 0.0697. The normalized spacial score (nSPS) is 16.1. The lowest BCUT2D eigenvalue weighted by atomic mass is 9.98. The summed E-state index contributed by atoms with van der Waals surface area (Å²) in [5.74, 6) is 0.864. The van der Waals surface area contributed by atoms with E-state index in [1.54, 1.807) is 23.1 Å². The van der Waals surface area contributed by atoms with Crippen LogP contribution in [0.2, 0.25) is 0 Å². The van der Waals surface area contributed by atoms with Crippen molar-refractivity contribution in [2.45, 2.75) is 12.8 Å². The van der Waals surface area contributed by atoms with E-state index in [0.29, 0.717) is 37.5 Å². The molecule has 6 nitrogen and oxygen atoms in total. The number of hydrogen-bond acceptors (Lipinski definition) is 5. The third-order valence-electron chi connectivity index (χ3n) is 3.46. The van der Waals surface area contributed by atoms with Gasteiger partial charge >= 0.3 is 0 Å². The van der Waals surface area contributed by atoms with Crippen LogP contribution in [-0.2, 0) is 0 Å². The number of furan rings is 1. The molecule has 0 unspecified atom stereocenters. The number of nitrogens with zero attached hydrogens (tertiary/aromatic N) is 3. The smallest absolute Gasteiger partial charge is 0.276 e. The van der Waals surface area contributed by atoms with Crippen molar-refractivity contribution in [1.82, 2.24) is 10.1 Å². The molecule has 3 heterocycles. The van der Waals surface area contributed by atoms with Gasteiger partial charge < -0.3 is 13.8 Å². The Kier molecular flexibility index (Phi) is 3.25. The summed E-state index contributed by atoms with van der Waals surface area (Å²) in [6, 6.07) is 7.31. The molecule has 1 amide bonds. The molecule has 3 rings (SSSR count). The third kappa shape index (κ3) is 2.30. The molecule has 1 aliphatic rings. The second-order valence-electron chi connectivity index (χ2n) is 4.75. The van der Waals surface area contributed by atoms with Crippen LogP contribution in [0.4, 0.5) is 0 Å². The largest absolute Gasteiger partial charge is 0.461 e. The van der Waals surface area contributed by atoms with Crippen LogP contribution >= 0.6 is 0 Å². The lowest BCUT2D eigenvalue weighted by Gasteiger charge is -2.28. The monoisotopic (exact) mass is 271 g/mol. The maximum Gasteiger partial charge on any atom is 0.276 e. The second-order valence-corrected chi connectivity index (χ2v) is 4.75. The van der Waals surface area contributed by atoms with Crippen molar-refractivity contribution in [2.75, 3.05) is 13.1 Å². The first-order chi connectivity index (χ1) is 9.78. The van der Waals surface area contributed by atoms with Gasteiger partial charge in [0.2, 0.25) is 5.76 Å². The van der Waals surface area contributed by atoms with Crippen LogP contribution < -0.4 is 0 Å². The topological polar surface area (TPSA) is 83.3 Å². The van der Waals surface area contributed by atoms with Gasteiger partial charge in [-0.25, -0.2) is 0 Å². The Morgan fingerprint density at radius 1 is 1.40 bits per heavy atom. The number of likely N-dealkylation sites (tertiary alicyclic amines) is 1. The van der Waals surface area contributed by atoms with Crippen molar-refractivity contribution in [3.63, 3.8) is 0 Å². The molecule has 0 aromatic carbocycles. The van der Waals surface area contributed by atoms with Gasteiger partial charge in [0.25, 0.3) is 5.91 Å². The Bertz CT molecular complexity index is 631. The molecule has 6 heteroatoms. The first-order valence-electron chi connectivity index (χ1n) is 6.47. The average molecular weight is 271 g/mol. The highest BCUT2D eigenvalue weighted by atomic mass is 16.5. The molecule has 1 fully saturated rings. The summed E-state index contributed by atoms with van der Waals surface area (Å²) in [6.07, 6.45) is 2.96. The Labute approximate surface area is 115 Å². The van der Waals surface area contributed by atoms with Gasteiger partial charge in [0, 0.05) is 25.1 Å². The highest BCUT2D eigenvalue weighted by Crippen LogP contribution is 2.23. The molecule has 0 atom stereocenters. The number of hydrogen-bond donors (Lipinski definition) is 0. The molecule has 1 saturated heterocycles. The minimum absolute atomic E-state index is 0.0510. The van der Waals surface area contributed by atoms with Gasteiger partial charge in [0.15, 0.2) is 11.5 Å². The van der Waals surface area contributed by atoms with E-state index < -0.39 is 0 Å². The number of carbonyl (C=O) groups excluding carboxylic acids is 1. The molecule has 2 aromatic heterocycles. The zero-order valence-corrected chi connectivity index (χ0v) is 10.8. The molecule has 0 radical (unpaired) electrons. The highest BCUT2D eigenvalue weighted by molar-refractivity contribution is 5.93. The maximum atomic E-state index is 12.3. The molecule has 0 spiro atoms. The van der Waals surface area contributed by atoms with Crippen molar-refractivity contribution >= 4 is 5.91 Å². The Morgan fingerprint density at radius 2 is 2.20 bits per heavy atom. The fourth-order valence-corrected chi connectivity index (χ4v) is 2.28. The first kappa shape index (κ1) is 12.5. The zero-order chi connectivity index (χ0) is 13.9.